The maximum absolute atomic E-state index is 11.3. The van der Waals surface area contributed by atoms with E-state index in [9.17, 15) is 9.59 Å². The van der Waals surface area contributed by atoms with E-state index in [4.69, 9.17) is 10.5 Å². The van der Waals surface area contributed by atoms with E-state index >= 15 is 0 Å². The fourth-order valence-electron chi connectivity index (χ4n) is 0.749. The van der Waals surface area contributed by atoms with Crippen LogP contribution in [0.25, 0.3) is 0 Å². The maximum atomic E-state index is 11.3. The van der Waals surface area contributed by atoms with E-state index in [0.29, 0.717) is 0 Å². The van der Waals surface area contributed by atoms with Gasteiger partial charge in [-0.1, -0.05) is 0 Å². The van der Waals surface area contributed by atoms with Crippen molar-refractivity contribution in [2.24, 2.45) is 5.73 Å². The lowest BCUT2D eigenvalue weighted by molar-refractivity contribution is -0.158. The molecule has 3 N–H and O–H groups in total. The second kappa shape index (κ2) is 4.95. The molecule has 5 heteroatoms. The van der Waals surface area contributed by atoms with Crippen LogP contribution in [0.15, 0.2) is 0 Å². The van der Waals surface area contributed by atoms with Crippen LogP contribution < -0.4 is 11.1 Å². The zero-order valence-electron chi connectivity index (χ0n) is 9.09. The Morgan fingerprint density at radius 1 is 1.43 bits per heavy atom. The van der Waals surface area contributed by atoms with Crippen molar-refractivity contribution in [1.29, 1.82) is 0 Å². The number of rotatable bonds is 3. The van der Waals surface area contributed by atoms with Gasteiger partial charge in [0, 0.05) is 0 Å². The summed E-state index contributed by atoms with van der Waals surface area (Å²) >= 11 is 0. The van der Waals surface area contributed by atoms with Gasteiger partial charge in [-0.2, -0.15) is 0 Å². The zero-order chi connectivity index (χ0) is 11.4. The van der Waals surface area contributed by atoms with Crippen LogP contribution in [-0.2, 0) is 14.3 Å². The summed E-state index contributed by atoms with van der Waals surface area (Å²) in [6.45, 7) is 6.72. The first-order valence-corrected chi connectivity index (χ1v) is 4.48. The highest BCUT2D eigenvalue weighted by Gasteiger charge is 2.22. The van der Waals surface area contributed by atoms with E-state index in [1.165, 1.54) is 0 Å². The average molecular weight is 202 g/mol. The second-order valence-electron chi connectivity index (χ2n) is 4.03. The Labute approximate surface area is 84.0 Å². The molecule has 0 aromatic carbocycles. The van der Waals surface area contributed by atoms with Gasteiger partial charge in [-0.25, -0.2) is 4.79 Å². The van der Waals surface area contributed by atoms with Gasteiger partial charge in [-0.3, -0.25) is 4.79 Å². The minimum Gasteiger partial charge on any atom is -0.458 e. The van der Waals surface area contributed by atoms with E-state index in [1.54, 1.807) is 27.7 Å². The molecule has 0 aliphatic heterocycles. The van der Waals surface area contributed by atoms with Crippen LogP contribution in [0, 0.1) is 0 Å². The van der Waals surface area contributed by atoms with Gasteiger partial charge < -0.3 is 15.8 Å². The molecular weight excluding hydrogens is 184 g/mol. The highest BCUT2D eigenvalue weighted by molar-refractivity contribution is 5.85. The Balaban J connectivity index is 4.07. The van der Waals surface area contributed by atoms with Crippen LogP contribution in [0.4, 0.5) is 0 Å². The summed E-state index contributed by atoms with van der Waals surface area (Å²) in [5.41, 5.74) is 4.54. The molecular formula is C9H18N2O3. The molecule has 1 amide bonds. The normalized spacial score (nSPS) is 13.2. The number of hydrogen-bond acceptors (Lipinski definition) is 4. The zero-order valence-corrected chi connectivity index (χ0v) is 9.09. The van der Waals surface area contributed by atoms with E-state index in [1.807, 2.05) is 0 Å². The topological polar surface area (TPSA) is 81.4 Å². The first-order valence-electron chi connectivity index (χ1n) is 4.48. The van der Waals surface area contributed by atoms with Crippen LogP contribution >= 0.6 is 0 Å². The molecule has 5 nitrogen and oxygen atoms in total. The fraction of sp³-hybridized carbons (Fsp3) is 0.778. The summed E-state index contributed by atoms with van der Waals surface area (Å²) in [6.07, 6.45) is 0. The first kappa shape index (κ1) is 12.9. The van der Waals surface area contributed by atoms with Crippen molar-refractivity contribution in [2.75, 3.05) is 6.54 Å². The van der Waals surface area contributed by atoms with Gasteiger partial charge in [0.1, 0.15) is 11.6 Å². The quantitative estimate of drug-likeness (QED) is 0.620. The molecule has 0 aromatic heterocycles. The average Bonchev–Trinajstić information content (AvgIpc) is 2.00. The van der Waals surface area contributed by atoms with Crippen molar-refractivity contribution in [3.63, 3.8) is 0 Å². The number of nitrogens with one attached hydrogen (secondary N) is 1. The standard InChI is InChI=1S/C9H18N2O3/c1-6(11-7(12)5-10)8(13)14-9(2,3)4/h6H,5,10H2,1-4H3,(H,11,12)/t6-/m1/s1. The molecule has 0 saturated heterocycles. The first-order chi connectivity index (χ1) is 6.26. The monoisotopic (exact) mass is 202 g/mol. The largest absolute Gasteiger partial charge is 0.458 e. The van der Waals surface area contributed by atoms with Gasteiger partial charge in [-0.15, -0.1) is 0 Å². The van der Waals surface area contributed by atoms with E-state index < -0.39 is 17.6 Å². The number of nitrogens with two attached hydrogens (primary N) is 1. The smallest absolute Gasteiger partial charge is 0.328 e. The molecule has 0 rings (SSSR count). The highest BCUT2D eigenvalue weighted by Crippen LogP contribution is 2.07. The third-order valence-corrected chi connectivity index (χ3v) is 1.32. The Morgan fingerprint density at radius 3 is 2.29 bits per heavy atom. The summed E-state index contributed by atoms with van der Waals surface area (Å²) in [6, 6.07) is -0.662. The summed E-state index contributed by atoms with van der Waals surface area (Å²) in [7, 11) is 0. The summed E-state index contributed by atoms with van der Waals surface area (Å²) in [5, 5.41) is 2.41. The lowest BCUT2D eigenvalue weighted by atomic mass is 10.2. The predicted molar refractivity (Wildman–Crippen MR) is 52.5 cm³/mol. The molecule has 0 fully saturated rings. The van der Waals surface area contributed by atoms with Crippen LogP contribution in [0.3, 0.4) is 0 Å². The number of carbonyl (C=O) groups excluding carboxylic acids is 2. The predicted octanol–water partition coefficient (Wildman–Crippen LogP) is -0.208. The summed E-state index contributed by atoms with van der Waals surface area (Å²) < 4.78 is 5.05. The molecule has 0 heterocycles. The Bertz CT molecular complexity index is 221. The number of amides is 1. The number of carbonyl (C=O) groups is 2. The van der Waals surface area contributed by atoms with Crippen molar-refractivity contribution in [2.45, 2.75) is 39.3 Å². The molecule has 1 atom stereocenters. The second-order valence-corrected chi connectivity index (χ2v) is 4.03. The number of esters is 1. The van der Waals surface area contributed by atoms with Crippen LogP contribution in [0.2, 0.25) is 0 Å². The molecule has 0 unspecified atom stereocenters. The lowest BCUT2D eigenvalue weighted by Gasteiger charge is -2.22. The fourth-order valence-corrected chi connectivity index (χ4v) is 0.749. The van der Waals surface area contributed by atoms with Gasteiger partial charge in [0.05, 0.1) is 6.54 Å². The molecule has 0 saturated carbocycles. The number of hydrogen-bond donors (Lipinski definition) is 2. The molecule has 0 radical (unpaired) electrons. The molecule has 0 aliphatic rings. The Kier molecular flexibility index (Phi) is 4.56. The van der Waals surface area contributed by atoms with Crippen molar-refractivity contribution >= 4 is 11.9 Å². The third-order valence-electron chi connectivity index (χ3n) is 1.32. The van der Waals surface area contributed by atoms with Crippen LogP contribution in [0.1, 0.15) is 27.7 Å². The molecule has 0 aromatic rings. The van der Waals surface area contributed by atoms with E-state index in [0.717, 1.165) is 0 Å². The van der Waals surface area contributed by atoms with Gasteiger partial charge in [-0.05, 0) is 27.7 Å². The van der Waals surface area contributed by atoms with Crippen LogP contribution in [-0.4, -0.2) is 30.1 Å². The third kappa shape index (κ3) is 5.53. The Hall–Kier alpha value is -1.10. The minimum atomic E-state index is -0.662. The Morgan fingerprint density at radius 2 is 1.93 bits per heavy atom. The van der Waals surface area contributed by atoms with Crippen molar-refractivity contribution < 1.29 is 14.3 Å². The molecule has 14 heavy (non-hydrogen) atoms. The lowest BCUT2D eigenvalue weighted by Crippen LogP contribution is -2.44. The van der Waals surface area contributed by atoms with E-state index in [2.05, 4.69) is 5.32 Å². The van der Waals surface area contributed by atoms with Gasteiger partial charge in [0.25, 0.3) is 0 Å². The highest BCUT2D eigenvalue weighted by atomic mass is 16.6. The van der Waals surface area contributed by atoms with Gasteiger partial charge >= 0.3 is 5.97 Å². The van der Waals surface area contributed by atoms with Gasteiger partial charge in [0.15, 0.2) is 0 Å². The molecule has 0 bridgehead atoms. The molecule has 0 spiro atoms. The molecule has 0 aliphatic carbocycles. The summed E-state index contributed by atoms with van der Waals surface area (Å²) in [5.74, 6) is -0.831. The van der Waals surface area contributed by atoms with Crippen molar-refractivity contribution in [3.05, 3.63) is 0 Å². The minimum absolute atomic E-state index is 0.132. The van der Waals surface area contributed by atoms with Crippen molar-refractivity contribution in [3.8, 4) is 0 Å². The van der Waals surface area contributed by atoms with E-state index in [-0.39, 0.29) is 12.5 Å². The SMILES string of the molecule is C[C@@H](NC(=O)CN)C(=O)OC(C)(C)C. The summed E-state index contributed by atoms with van der Waals surface area (Å²) in [4.78, 5) is 22.2. The van der Waals surface area contributed by atoms with Crippen molar-refractivity contribution in [1.82, 2.24) is 5.32 Å². The van der Waals surface area contributed by atoms with Crippen LogP contribution in [0.5, 0.6) is 0 Å². The maximum Gasteiger partial charge on any atom is 0.328 e. The van der Waals surface area contributed by atoms with Gasteiger partial charge in [0.2, 0.25) is 5.91 Å². The number of ether oxygens (including phenoxy) is 1. The molecule has 82 valence electrons.